The minimum Gasteiger partial charge on any atom is -0.491 e. The first kappa shape index (κ1) is 19.1. The van der Waals surface area contributed by atoms with Crippen molar-refractivity contribution in [1.29, 1.82) is 0 Å². The summed E-state index contributed by atoms with van der Waals surface area (Å²) in [5.41, 5.74) is 4.88. The smallest absolute Gasteiger partial charge is 0.252 e. The minimum absolute atomic E-state index is 0.111. The van der Waals surface area contributed by atoms with Gasteiger partial charge in [0.15, 0.2) is 0 Å². The van der Waals surface area contributed by atoms with Crippen LogP contribution >= 0.6 is 0 Å². The van der Waals surface area contributed by atoms with Gasteiger partial charge in [0.25, 0.3) is 5.56 Å². The molecule has 2 aromatic carbocycles. The van der Waals surface area contributed by atoms with E-state index in [1.807, 2.05) is 63.2 Å². The molecule has 0 bridgehead atoms. The Bertz CT molecular complexity index is 995. The Morgan fingerprint density at radius 2 is 1.89 bits per heavy atom. The van der Waals surface area contributed by atoms with E-state index in [1.54, 1.807) is 0 Å². The standard InChI is InChI=1S/C22H26N2O3/c1-14-4-7-21-17(8-14)10-18(22(26)24-21)11-23-12-19(25)13-27-20-6-5-15(2)16(3)9-20/h4-10,19,23,25H,11-13H2,1-3H3,(H,24,26)/t19-/m0/s1. The quantitative estimate of drug-likeness (QED) is 0.601. The fraction of sp³-hybridized carbons (Fsp3) is 0.318. The summed E-state index contributed by atoms with van der Waals surface area (Å²) in [4.78, 5) is 15.1. The second kappa shape index (κ2) is 8.37. The lowest BCUT2D eigenvalue weighted by molar-refractivity contribution is 0.106. The van der Waals surface area contributed by atoms with Gasteiger partial charge in [-0.05, 0) is 67.6 Å². The van der Waals surface area contributed by atoms with Crippen molar-refractivity contribution in [3.8, 4) is 5.75 Å². The topological polar surface area (TPSA) is 74.4 Å². The third-order valence-corrected chi connectivity index (χ3v) is 4.69. The maximum atomic E-state index is 12.2. The number of aryl methyl sites for hydroxylation is 3. The van der Waals surface area contributed by atoms with E-state index in [0.29, 0.717) is 18.7 Å². The van der Waals surface area contributed by atoms with Crippen molar-refractivity contribution in [3.63, 3.8) is 0 Å². The summed E-state index contributed by atoms with van der Waals surface area (Å²) < 4.78 is 5.64. The lowest BCUT2D eigenvalue weighted by atomic mass is 10.1. The molecule has 0 aliphatic carbocycles. The Hall–Kier alpha value is -2.63. The maximum Gasteiger partial charge on any atom is 0.252 e. The molecule has 3 N–H and O–H groups in total. The normalized spacial score (nSPS) is 12.3. The molecule has 0 spiro atoms. The van der Waals surface area contributed by atoms with Crippen LogP contribution in [0.3, 0.4) is 0 Å². The number of benzene rings is 2. The highest BCUT2D eigenvalue weighted by Crippen LogP contribution is 2.16. The lowest BCUT2D eigenvalue weighted by Gasteiger charge is -2.14. The predicted molar refractivity (Wildman–Crippen MR) is 108 cm³/mol. The minimum atomic E-state index is -0.659. The van der Waals surface area contributed by atoms with Crippen molar-refractivity contribution in [2.45, 2.75) is 33.4 Å². The van der Waals surface area contributed by atoms with E-state index in [4.69, 9.17) is 4.74 Å². The van der Waals surface area contributed by atoms with Crippen molar-refractivity contribution in [1.82, 2.24) is 10.3 Å². The molecule has 1 atom stereocenters. The number of aliphatic hydroxyl groups excluding tert-OH is 1. The number of H-pyrrole nitrogens is 1. The number of rotatable bonds is 7. The molecule has 0 fully saturated rings. The van der Waals surface area contributed by atoms with Crippen LogP contribution in [0.5, 0.6) is 5.75 Å². The first-order valence-corrected chi connectivity index (χ1v) is 9.14. The van der Waals surface area contributed by atoms with E-state index < -0.39 is 6.10 Å². The molecular weight excluding hydrogens is 340 g/mol. The second-order valence-electron chi connectivity index (χ2n) is 7.06. The Morgan fingerprint density at radius 3 is 2.67 bits per heavy atom. The van der Waals surface area contributed by atoms with E-state index in [1.165, 1.54) is 5.56 Å². The molecule has 1 aromatic heterocycles. The lowest BCUT2D eigenvalue weighted by Crippen LogP contribution is -2.32. The SMILES string of the molecule is Cc1ccc2[nH]c(=O)c(CNC[C@H](O)COc3ccc(C)c(C)c3)cc2c1. The Morgan fingerprint density at radius 1 is 1.07 bits per heavy atom. The number of pyridine rings is 1. The number of nitrogens with one attached hydrogen (secondary N) is 2. The van der Waals surface area contributed by atoms with Gasteiger partial charge in [0.1, 0.15) is 18.5 Å². The number of aliphatic hydroxyl groups is 1. The number of fused-ring (bicyclic) bond motifs is 1. The molecule has 0 saturated heterocycles. The van der Waals surface area contributed by atoms with Gasteiger partial charge in [-0.3, -0.25) is 4.79 Å². The van der Waals surface area contributed by atoms with Crippen LogP contribution in [0.25, 0.3) is 10.9 Å². The van der Waals surface area contributed by atoms with Crippen molar-refractivity contribution >= 4 is 10.9 Å². The molecule has 0 unspecified atom stereocenters. The van der Waals surface area contributed by atoms with Gasteiger partial charge in [-0.2, -0.15) is 0 Å². The molecule has 0 saturated carbocycles. The fourth-order valence-corrected chi connectivity index (χ4v) is 2.93. The summed E-state index contributed by atoms with van der Waals surface area (Å²) in [6.07, 6.45) is -0.659. The summed E-state index contributed by atoms with van der Waals surface area (Å²) in [5, 5.41) is 14.2. The largest absolute Gasteiger partial charge is 0.491 e. The molecule has 5 heteroatoms. The predicted octanol–water partition coefficient (Wildman–Crippen LogP) is 2.98. The summed E-state index contributed by atoms with van der Waals surface area (Å²) in [6, 6.07) is 13.7. The molecule has 0 amide bonds. The van der Waals surface area contributed by atoms with Crippen LogP contribution in [0.2, 0.25) is 0 Å². The Labute approximate surface area is 159 Å². The molecular formula is C22H26N2O3. The van der Waals surface area contributed by atoms with Crippen LogP contribution in [0.15, 0.2) is 47.3 Å². The molecule has 1 heterocycles. The summed E-state index contributed by atoms with van der Waals surface area (Å²) in [7, 11) is 0. The maximum absolute atomic E-state index is 12.2. The van der Waals surface area contributed by atoms with E-state index in [9.17, 15) is 9.90 Å². The van der Waals surface area contributed by atoms with E-state index >= 15 is 0 Å². The Balaban J connectivity index is 1.53. The zero-order valence-corrected chi connectivity index (χ0v) is 16.0. The highest BCUT2D eigenvalue weighted by molar-refractivity contribution is 5.79. The molecule has 0 radical (unpaired) electrons. The monoisotopic (exact) mass is 366 g/mol. The van der Waals surface area contributed by atoms with Crippen molar-refractivity contribution < 1.29 is 9.84 Å². The number of aromatic nitrogens is 1. The molecule has 5 nitrogen and oxygen atoms in total. The molecule has 142 valence electrons. The number of aromatic amines is 1. The average molecular weight is 366 g/mol. The van der Waals surface area contributed by atoms with Crippen molar-refractivity contribution in [2.24, 2.45) is 0 Å². The van der Waals surface area contributed by atoms with Gasteiger partial charge in [-0.1, -0.05) is 17.7 Å². The number of hydrogen-bond donors (Lipinski definition) is 3. The highest BCUT2D eigenvalue weighted by atomic mass is 16.5. The Kier molecular flexibility index (Phi) is 5.94. The van der Waals surface area contributed by atoms with Gasteiger partial charge in [0.2, 0.25) is 0 Å². The van der Waals surface area contributed by atoms with Gasteiger partial charge in [-0.25, -0.2) is 0 Å². The highest BCUT2D eigenvalue weighted by Gasteiger charge is 2.08. The van der Waals surface area contributed by atoms with Crippen LogP contribution in [-0.4, -0.2) is 29.3 Å². The van der Waals surface area contributed by atoms with Crippen molar-refractivity contribution in [3.05, 3.63) is 75.1 Å². The summed E-state index contributed by atoms with van der Waals surface area (Å²) in [6.45, 7) is 7.03. The fourth-order valence-electron chi connectivity index (χ4n) is 2.93. The van der Waals surface area contributed by atoms with Crippen LogP contribution in [0.4, 0.5) is 0 Å². The van der Waals surface area contributed by atoms with Crippen LogP contribution in [-0.2, 0) is 6.54 Å². The van der Waals surface area contributed by atoms with Crippen molar-refractivity contribution in [2.75, 3.05) is 13.2 Å². The first-order chi connectivity index (χ1) is 12.9. The average Bonchev–Trinajstić information content (AvgIpc) is 2.63. The third-order valence-electron chi connectivity index (χ3n) is 4.69. The molecule has 0 aliphatic rings. The van der Waals surface area contributed by atoms with Crippen LogP contribution in [0.1, 0.15) is 22.3 Å². The van der Waals surface area contributed by atoms with E-state index in [0.717, 1.165) is 27.8 Å². The first-order valence-electron chi connectivity index (χ1n) is 9.14. The van der Waals surface area contributed by atoms with Gasteiger partial charge >= 0.3 is 0 Å². The van der Waals surface area contributed by atoms with Crippen LogP contribution < -0.4 is 15.6 Å². The zero-order chi connectivity index (χ0) is 19.4. The molecule has 3 aromatic rings. The van der Waals surface area contributed by atoms with E-state index in [-0.39, 0.29) is 12.2 Å². The summed E-state index contributed by atoms with van der Waals surface area (Å²) >= 11 is 0. The van der Waals surface area contributed by atoms with Gasteiger partial charge < -0.3 is 20.1 Å². The van der Waals surface area contributed by atoms with Gasteiger partial charge in [-0.15, -0.1) is 0 Å². The van der Waals surface area contributed by atoms with Gasteiger partial charge in [0.05, 0.1) is 0 Å². The third kappa shape index (κ3) is 4.96. The molecule has 0 aliphatic heterocycles. The number of hydrogen-bond acceptors (Lipinski definition) is 4. The van der Waals surface area contributed by atoms with Gasteiger partial charge in [0, 0.05) is 24.2 Å². The molecule has 27 heavy (non-hydrogen) atoms. The number of ether oxygens (including phenoxy) is 1. The second-order valence-corrected chi connectivity index (χ2v) is 7.06. The van der Waals surface area contributed by atoms with Crippen LogP contribution in [0, 0.1) is 20.8 Å². The van der Waals surface area contributed by atoms with E-state index in [2.05, 4.69) is 10.3 Å². The summed E-state index contributed by atoms with van der Waals surface area (Å²) in [5.74, 6) is 0.749. The zero-order valence-electron chi connectivity index (χ0n) is 16.0. The molecule has 3 rings (SSSR count).